The fourth-order valence-electron chi connectivity index (χ4n) is 2.42. The van der Waals surface area contributed by atoms with Gasteiger partial charge in [-0.15, -0.1) is 0 Å². The summed E-state index contributed by atoms with van der Waals surface area (Å²) in [4.78, 5) is 2.27. The first-order valence-electron chi connectivity index (χ1n) is 6.96. The third-order valence-corrected chi connectivity index (χ3v) is 3.75. The van der Waals surface area contributed by atoms with Crippen LogP contribution in [0.4, 0.5) is 4.39 Å². The number of nitrogens with two attached hydrogens (primary N) is 1. The van der Waals surface area contributed by atoms with Crippen LogP contribution in [0.25, 0.3) is 0 Å². The lowest BCUT2D eigenvalue weighted by Gasteiger charge is -2.30. The van der Waals surface area contributed by atoms with Gasteiger partial charge in [0.1, 0.15) is 10.8 Å². The third kappa shape index (κ3) is 4.51. The van der Waals surface area contributed by atoms with Crippen molar-refractivity contribution in [1.29, 1.82) is 0 Å². The largest absolute Gasteiger partial charge is 0.395 e. The molecule has 0 heterocycles. The first-order valence-corrected chi connectivity index (χ1v) is 7.37. The molecule has 0 saturated heterocycles. The Morgan fingerprint density at radius 2 is 2.05 bits per heavy atom. The standard InChI is InChI=1S/C15H23FN2OS/c1-3-12(4-2)18(7-8-19)10-11-5-6-14(16)13(9-11)15(17)20/h5-6,9,12,19H,3-4,7-8,10H2,1-2H3,(H2,17,20). The minimum Gasteiger partial charge on any atom is -0.395 e. The molecule has 0 aromatic heterocycles. The summed E-state index contributed by atoms with van der Waals surface area (Å²) in [6.45, 7) is 5.63. The maximum atomic E-state index is 13.6. The van der Waals surface area contributed by atoms with E-state index in [0.29, 0.717) is 19.1 Å². The Balaban J connectivity index is 2.93. The maximum Gasteiger partial charge on any atom is 0.133 e. The molecule has 0 radical (unpaired) electrons. The average Bonchev–Trinajstić information content (AvgIpc) is 2.42. The molecular formula is C15H23FN2OS. The van der Waals surface area contributed by atoms with E-state index in [1.165, 1.54) is 6.07 Å². The number of benzene rings is 1. The SMILES string of the molecule is CCC(CC)N(CCO)Cc1ccc(F)c(C(N)=S)c1. The van der Waals surface area contributed by atoms with Crippen LogP contribution < -0.4 is 5.73 Å². The Morgan fingerprint density at radius 3 is 2.55 bits per heavy atom. The highest BCUT2D eigenvalue weighted by molar-refractivity contribution is 7.80. The van der Waals surface area contributed by atoms with Gasteiger partial charge in [0.2, 0.25) is 0 Å². The van der Waals surface area contributed by atoms with Crippen LogP contribution in [-0.2, 0) is 6.54 Å². The number of aliphatic hydroxyl groups excluding tert-OH is 1. The van der Waals surface area contributed by atoms with Crippen LogP contribution in [0, 0.1) is 5.82 Å². The van der Waals surface area contributed by atoms with Crippen LogP contribution in [0.15, 0.2) is 18.2 Å². The fourth-order valence-corrected chi connectivity index (χ4v) is 2.57. The van der Waals surface area contributed by atoms with Gasteiger partial charge >= 0.3 is 0 Å². The van der Waals surface area contributed by atoms with Crippen molar-refractivity contribution in [3.05, 3.63) is 35.1 Å². The Labute approximate surface area is 125 Å². The van der Waals surface area contributed by atoms with Crippen molar-refractivity contribution in [3.8, 4) is 0 Å². The first kappa shape index (κ1) is 17.0. The van der Waals surface area contributed by atoms with Gasteiger partial charge in [0.15, 0.2) is 0 Å². The van der Waals surface area contributed by atoms with E-state index in [1.807, 2.05) is 0 Å². The van der Waals surface area contributed by atoms with Gasteiger partial charge in [0, 0.05) is 24.7 Å². The summed E-state index contributed by atoms with van der Waals surface area (Å²) < 4.78 is 13.6. The summed E-state index contributed by atoms with van der Waals surface area (Å²) in [5.41, 5.74) is 6.76. The van der Waals surface area contributed by atoms with E-state index in [-0.39, 0.29) is 17.2 Å². The fraction of sp³-hybridized carbons (Fsp3) is 0.533. The van der Waals surface area contributed by atoms with E-state index in [2.05, 4.69) is 18.7 Å². The Kier molecular flexibility index (Phi) is 7.05. The van der Waals surface area contributed by atoms with Gasteiger partial charge in [-0.05, 0) is 30.5 Å². The zero-order chi connectivity index (χ0) is 15.1. The van der Waals surface area contributed by atoms with Gasteiger partial charge in [-0.25, -0.2) is 4.39 Å². The van der Waals surface area contributed by atoms with E-state index < -0.39 is 5.82 Å². The predicted molar refractivity (Wildman–Crippen MR) is 84.2 cm³/mol. The Morgan fingerprint density at radius 1 is 1.40 bits per heavy atom. The van der Waals surface area contributed by atoms with Crippen LogP contribution in [0.1, 0.15) is 37.8 Å². The molecule has 3 nitrogen and oxygen atoms in total. The number of aliphatic hydroxyl groups is 1. The minimum atomic E-state index is -0.391. The summed E-state index contributed by atoms with van der Waals surface area (Å²) in [5, 5.41) is 9.20. The first-order chi connectivity index (χ1) is 9.53. The lowest BCUT2D eigenvalue weighted by molar-refractivity contribution is 0.136. The second kappa shape index (κ2) is 8.29. The molecule has 1 aromatic rings. The number of rotatable bonds is 8. The summed E-state index contributed by atoms with van der Waals surface area (Å²) >= 11 is 4.86. The highest BCUT2D eigenvalue weighted by Gasteiger charge is 2.16. The van der Waals surface area contributed by atoms with Crippen LogP contribution >= 0.6 is 12.2 Å². The van der Waals surface area contributed by atoms with E-state index in [1.54, 1.807) is 12.1 Å². The summed E-state index contributed by atoms with van der Waals surface area (Å²) in [7, 11) is 0. The molecular weight excluding hydrogens is 275 g/mol. The van der Waals surface area contributed by atoms with Crippen molar-refractivity contribution in [2.45, 2.75) is 39.3 Å². The Bertz CT molecular complexity index is 449. The molecule has 1 aromatic carbocycles. The second-order valence-electron chi connectivity index (χ2n) is 4.84. The lowest BCUT2D eigenvalue weighted by atomic mass is 10.1. The number of nitrogens with zero attached hydrogens (tertiary/aromatic N) is 1. The summed E-state index contributed by atoms with van der Waals surface area (Å²) in [6.07, 6.45) is 2.03. The zero-order valence-electron chi connectivity index (χ0n) is 12.1. The topological polar surface area (TPSA) is 49.5 Å². The molecule has 3 N–H and O–H groups in total. The highest BCUT2D eigenvalue weighted by atomic mass is 32.1. The lowest BCUT2D eigenvalue weighted by Crippen LogP contribution is -2.36. The third-order valence-electron chi connectivity index (χ3n) is 3.53. The van der Waals surface area contributed by atoms with Crippen molar-refractivity contribution in [3.63, 3.8) is 0 Å². The number of thiocarbonyl (C=S) groups is 1. The molecule has 20 heavy (non-hydrogen) atoms. The maximum absolute atomic E-state index is 13.6. The van der Waals surface area contributed by atoms with Crippen molar-refractivity contribution in [2.24, 2.45) is 5.73 Å². The van der Waals surface area contributed by atoms with E-state index in [9.17, 15) is 9.50 Å². The molecule has 1 rings (SSSR count). The van der Waals surface area contributed by atoms with Crippen molar-refractivity contribution in [1.82, 2.24) is 4.90 Å². The van der Waals surface area contributed by atoms with Gasteiger partial charge in [-0.3, -0.25) is 4.90 Å². The molecule has 0 aliphatic heterocycles. The molecule has 0 saturated carbocycles. The predicted octanol–water partition coefficient (Wildman–Crippen LogP) is 2.44. The molecule has 0 atom stereocenters. The van der Waals surface area contributed by atoms with Crippen LogP contribution in [-0.4, -0.2) is 34.2 Å². The van der Waals surface area contributed by atoms with Gasteiger partial charge in [-0.2, -0.15) is 0 Å². The molecule has 0 aliphatic carbocycles. The van der Waals surface area contributed by atoms with Crippen molar-refractivity contribution in [2.75, 3.05) is 13.2 Å². The highest BCUT2D eigenvalue weighted by Crippen LogP contribution is 2.16. The van der Waals surface area contributed by atoms with E-state index in [0.717, 1.165) is 18.4 Å². The van der Waals surface area contributed by atoms with E-state index >= 15 is 0 Å². The summed E-state index contributed by atoms with van der Waals surface area (Å²) in [6, 6.07) is 5.24. The van der Waals surface area contributed by atoms with Crippen molar-refractivity contribution < 1.29 is 9.50 Å². The van der Waals surface area contributed by atoms with Crippen LogP contribution in [0.2, 0.25) is 0 Å². The van der Waals surface area contributed by atoms with Crippen LogP contribution in [0.5, 0.6) is 0 Å². The molecule has 0 fully saturated rings. The van der Waals surface area contributed by atoms with E-state index in [4.69, 9.17) is 18.0 Å². The number of halogens is 1. The van der Waals surface area contributed by atoms with Gasteiger partial charge in [-0.1, -0.05) is 32.1 Å². The minimum absolute atomic E-state index is 0.0700. The van der Waals surface area contributed by atoms with Gasteiger partial charge in [0.25, 0.3) is 0 Å². The average molecular weight is 298 g/mol. The van der Waals surface area contributed by atoms with Gasteiger partial charge < -0.3 is 10.8 Å². The molecule has 0 unspecified atom stereocenters. The van der Waals surface area contributed by atoms with Crippen LogP contribution in [0.3, 0.4) is 0 Å². The van der Waals surface area contributed by atoms with Gasteiger partial charge in [0.05, 0.1) is 6.61 Å². The monoisotopic (exact) mass is 298 g/mol. The summed E-state index contributed by atoms with van der Waals surface area (Å²) in [5.74, 6) is -0.391. The molecule has 0 spiro atoms. The zero-order valence-corrected chi connectivity index (χ0v) is 12.9. The molecule has 0 aliphatic rings. The normalized spacial score (nSPS) is 11.3. The second-order valence-corrected chi connectivity index (χ2v) is 5.28. The molecule has 0 bridgehead atoms. The quantitative estimate of drug-likeness (QED) is 0.724. The number of hydrogen-bond donors (Lipinski definition) is 2. The molecule has 112 valence electrons. The molecule has 0 amide bonds. The Hall–Kier alpha value is -1.04. The molecule has 5 heteroatoms. The number of hydrogen-bond acceptors (Lipinski definition) is 3. The smallest absolute Gasteiger partial charge is 0.133 e. The van der Waals surface area contributed by atoms with Crippen molar-refractivity contribution >= 4 is 17.2 Å².